The monoisotopic (exact) mass is 366 g/mol. The fourth-order valence-corrected chi connectivity index (χ4v) is 2.23. The van der Waals surface area contributed by atoms with Crippen LogP contribution in [0.2, 0.25) is 0 Å². The van der Waals surface area contributed by atoms with Crippen LogP contribution in [-0.2, 0) is 0 Å². The molecule has 0 saturated carbocycles. The average Bonchev–Trinajstić information content (AvgIpc) is 3.14. The van der Waals surface area contributed by atoms with E-state index < -0.39 is 5.60 Å². The first-order valence-electron chi connectivity index (χ1n) is 8.47. The van der Waals surface area contributed by atoms with Gasteiger partial charge in [-0.25, -0.2) is 4.98 Å². The molecule has 3 rings (SSSR count). The summed E-state index contributed by atoms with van der Waals surface area (Å²) in [5, 5.41) is 14.1. The molecule has 2 heterocycles. The highest BCUT2D eigenvalue weighted by atomic mass is 16.5. The standard InChI is InChI=1S/C19H22N6O2/c1-14-5-4-6-15(9-14)11-21-24-16-10-17(25-8-7-20-13-25)23-18(22-16)27-12-19(2,3)26/h4-11,13,26H,12H2,1-3H3,(H,22,23,24)/b21-11+. The van der Waals surface area contributed by atoms with E-state index >= 15 is 0 Å². The number of aliphatic hydroxyl groups is 1. The molecule has 0 aliphatic carbocycles. The number of benzene rings is 1. The Morgan fingerprint density at radius 1 is 1.30 bits per heavy atom. The molecular formula is C19H22N6O2. The van der Waals surface area contributed by atoms with E-state index in [0.717, 1.165) is 11.1 Å². The molecule has 0 amide bonds. The molecule has 8 heteroatoms. The van der Waals surface area contributed by atoms with Crippen molar-refractivity contribution in [2.45, 2.75) is 26.4 Å². The highest BCUT2D eigenvalue weighted by Crippen LogP contribution is 2.16. The maximum absolute atomic E-state index is 9.86. The van der Waals surface area contributed by atoms with Crippen LogP contribution in [0.4, 0.5) is 5.82 Å². The van der Waals surface area contributed by atoms with Crippen molar-refractivity contribution < 1.29 is 9.84 Å². The van der Waals surface area contributed by atoms with Crippen LogP contribution >= 0.6 is 0 Å². The molecule has 2 aromatic heterocycles. The lowest BCUT2D eigenvalue weighted by Gasteiger charge is -2.17. The first kappa shape index (κ1) is 18.5. The van der Waals surface area contributed by atoms with Crippen LogP contribution in [-0.4, -0.2) is 43.0 Å². The van der Waals surface area contributed by atoms with Crippen molar-refractivity contribution in [2.24, 2.45) is 5.10 Å². The number of hydrogen-bond acceptors (Lipinski definition) is 7. The van der Waals surface area contributed by atoms with Gasteiger partial charge in [0.1, 0.15) is 18.8 Å². The van der Waals surface area contributed by atoms with Gasteiger partial charge >= 0.3 is 6.01 Å². The molecule has 0 atom stereocenters. The first-order valence-corrected chi connectivity index (χ1v) is 8.47. The summed E-state index contributed by atoms with van der Waals surface area (Å²) in [4.78, 5) is 12.7. The molecule has 3 aromatic rings. The topological polar surface area (TPSA) is 97.5 Å². The van der Waals surface area contributed by atoms with E-state index in [-0.39, 0.29) is 12.6 Å². The molecule has 27 heavy (non-hydrogen) atoms. The van der Waals surface area contributed by atoms with Crippen LogP contribution in [0.1, 0.15) is 25.0 Å². The molecule has 8 nitrogen and oxygen atoms in total. The molecule has 140 valence electrons. The normalized spacial score (nSPS) is 11.7. The maximum Gasteiger partial charge on any atom is 0.320 e. The third-order valence-electron chi connectivity index (χ3n) is 3.45. The van der Waals surface area contributed by atoms with E-state index in [1.807, 2.05) is 31.2 Å². The number of anilines is 1. The average molecular weight is 366 g/mol. The highest BCUT2D eigenvalue weighted by molar-refractivity contribution is 5.80. The van der Waals surface area contributed by atoms with Crippen LogP contribution in [0.5, 0.6) is 6.01 Å². The summed E-state index contributed by atoms with van der Waals surface area (Å²) in [7, 11) is 0. The Labute approximate surface area is 157 Å². The van der Waals surface area contributed by atoms with E-state index in [2.05, 4.69) is 25.5 Å². The van der Waals surface area contributed by atoms with Gasteiger partial charge in [-0.1, -0.05) is 29.8 Å². The maximum atomic E-state index is 9.86. The van der Waals surface area contributed by atoms with E-state index in [1.54, 1.807) is 49.4 Å². The Hall–Kier alpha value is -3.26. The van der Waals surface area contributed by atoms with Gasteiger partial charge in [-0.15, -0.1) is 0 Å². The van der Waals surface area contributed by atoms with Crippen LogP contribution < -0.4 is 10.2 Å². The number of hydrogen-bond donors (Lipinski definition) is 2. The van der Waals surface area contributed by atoms with Gasteiger partial charge in [-0.2, -0.15) is 15.1 Å². The molecule has 0 saturated heterocycles. The Kier molecular flexibility index (Phi) is 5.46. The zero-order valence-electron chi connectivity index (χ0n) is 15.5. The van der Waals surface area contributed by atoms with E-state index in [1.165, 1.54) is 0 Å². The lowest BCUT2D eigenvalue weighted by molar-refractivity contribution is 0.0250. The SMILES string of the molecule is Cc1cccc(/C=N/Nc2cc(-n3ccnc3)nc(OCC(C)(C)O)n2)c1. The van der Waals surface area contributed by atoms with Crippen molar-refractivity contribution in [1.29, 1.82) is 0 Å². The van der Waals surface area contributed by atoms with Gasteiger partial charge < -0.3 is 9.84 Å². The molecular weight excluding hydrogens is 344 g/mol. The second-order valence-corrected chi connectivity index (χ2v) is 6.75. The molecule has 0 aliphatic heterocycles. The van der Waals surface area contributed by atoms with Gasteiger partial charge in [0.05, 0.1) is 11.8 Å². The second-order valence-electron chi connectivity index (χ2n) is 6.75. The minimum Gasteiger partial charge on any atom is -0.460 e. The van der Waals surface area contributed by atoms with Crippen molar-refractivity contribution >= 4 is 12.0 Å². The van der Waals surface area contributed by atoms with Crippen molar-refractivity contribution in [1.82, 2.24) is 19.5 Å². The molecule has 1 aromatic carbocycles. The van der Waals surface area contributed by atoms with Gasteiger partial charge in [-0.3, -0.25) is 9.99 Å². The fourth-order valence-electron chi connectivity index (χ4n) is 2.23. The van der Waals surface area contributed by atoms with Gasteiger partial charge in [0, 0.05) is 18.5 Å². The number of imidazole rings is 1. The van der Waals surface area contributed by atoms with Gasteiger partial charge in [-0.05, 0) is 26.3 Å². The van der Waals surface area contributed by atoms with E-state index in [4.69, 9.17) is 4.74 Å². The molecule has 0 aliphatic rings. The Bertz CT molecular complexity index is 916. The Morgan fingerprint density at radius 2 is 2.15 bits per heavy atom. The third kappa shape index (κ3) is 5.61. The predicted molar refractivity (Wildman–Crippen MR) is 103 cm³/mol. The summed E-state index contributed by atoms with van der Waals surface area (Å²) >= 11 is 0. The van der Waals surface area contributed by atoms with Gasteiger partial charge in [0.2, 0.25) is 0 Å². The van der Waals surface area contributed by atoms with Gasteiger partial charge in [0.15, 0.2) is 5.82 Å². The number of aryl methyl sites for hydroxylation is 1. The summed E-state index contributed by atoms with van der Waals surface area (Å²) in [5.41, 5.74) is 4.03. The molecule has 0 unspecified atom stereocenters. The minimum atomic E-state index is -0.995. The zero-order chi connectivity index (χ0) is 19.3. The quantitative estimate of drug-likeness (QED) is 0.493. The first-order chi connectivity index (χ1) is 12.9. The number of hydrazone groups is 1. The van der Waals surface area contributed by atoms with Crippen molar-refractivity contribution in [3.05, 3.63) is 60.2 Å². The number of aromatic nitrogens is 4. The molecule has 0 fully saturated rings. The predicted octanol–water partition coefficient (Wildman–Crippen LogP) is 2.57. The molecule has 2 N–H and O–H groups in total. The zero-order valence-corrected chi connectivity index (χ0v) is 15.5. The minimum absolute atomic E-state index is 0.0619. The fraction of sp³-hybridized carbons (Fsp3) is 0.263. The third-order valence-corrected chi connectivity index (χ3v) is 3.45. The molecule has 0 bridgehead atoms. The van der Waals surface area contributed by atoms with Crippen molar-refractivity contribution in [3.8, 4) is 11.8 Å². The van der Waals surface area contributed by atoms with Crippen molar-refractivity contribution in [3.63, 3.8) is 0 Å². The van der Waals surface area contributed by atoms with E-state index in [9.17, 15) is 5.11 Å². The van der Waals surface area contributed by atoms with Gasteiger partial charge in [0.25, 0.3) is 0 Å². The number of rotatable bonds is 7. The highest BCUT2D eigenvalue weighted by Gasteiger charge is 2.15. The number of ether oxygens (including phenoxy) is 1. The summed E-state index contributed by atoms with van der Waals surface area (Å²) in [6.45, 7) is 5.39. The number of nitrogens with zero attached hydrogens (tertiary/aromatic N) is 5. The Morgan fingerprint density at radius 3 is 2.85 bits per heavy atom. The van der Waals surface area contributed by atoms with Crippen LogP contribution in [0.25, 0.3) is 5.82 Å². The van der Waals surface area contributed by atoms with Crippen LogP contribution in [0.15, 0.2) is 54.2 Å². The largest absolute Gasteiger partial charge is 0.460 e. The second kappa shape index (κ2) is 7.96. The van der Waals surface area contributed by atoms with Crippen molar-refractivity contribution in [2.75, 3.05) is 12.0 Å². The van der Waals surface area contributed by atoms with Crippen LogP contribution in [0, 0.1) is 6.92 Å². The summed E-state index contributed by atoms with van der Waals surface area (Å²) in [6.07, 6.45) is 6.76. The lowest BCUT2D eigenvalue weighted by atomic mass is 10.2. The van der Waals surface area contributed by atoms with E-state index in [0.29, 0.717) is 11.6 Å². The summed E-state index contributed by atoms with van der Waals surface area (Å²) in [5.74, 6) is 1.03. The molecule has 0 spiro atoms. The number of nitrogens with one attached hydrogen (secondary N) is 1. The van der Waals surface area contributed by atoms with Crippen LogP contribution in [0.3, 0.4) is 0 Å². The Balaban J connectivity index is 1.81. The lowest BCUT2D eigenvalue weighted by Crippen LogP contribution is -2.28. The molecule has 0 radical (unpaired) electrons. The summed E-state index contributed by atoms with van der Waals surface area (Å²) < 4.78 is 7.26. The smallest absolute Gasteiger partial charge is 0.320 e. The summed E-state index contributed by atoms with van der Waals surface area (Å²) in [6, 6.07) is 9.86.